The van der Waals surface area contributed by atoms with Crippen molar-refractivity contribution in [1.29, 1.82) is 0 Å². The summed E-state index contributed by atoms with van der Waals surface area (Å²) >= 11 is 0. The standard InChI is InChI=1S/C14H13F2N5O2/c15-7-2-1-3-8(16)10(7)12-19-9-6-17-14(23)11(9)13(20-12)21-18-4-5-22/h1-3,18,22H,4-6H2,(H,17,23)(H,19,20,21). The van der Waals surface area contributed by atoms with Gasteiger partial charge < -0.3 is 15.8 Å². The van der Waals surface area contributed by atoms with Crippen molar-refractivity contribution in [1.82, 2.24) is 20.7 Å². The van der Waals surface area contributed by atoms with Gasteiger partial charge in [0, 0.05) is 6.54 Å². The summed E-state index contributed by atoms with van der Waals surface area (Å²) in [6.07, 6.45) is 0. The fourth-order valence-electron chi connectivity index (χ4n) is 2.24. The molecule has 0 aliphatic carbocycles. The van der Waals surface area contributed by atoms with Crippen LogP contribution in [-0.2, 0) is 6.54 Å². The third-order valence-corrected chi connectivity index (χ3v) is 3.26. The zero-order chi connectivity index (χ0) is 16.4. The van der Waals surface area contributed by atoms with Crippen LogP contribution in [0.1, 0.15) is 16.1 Å². The number of hydrogen-bond donors (Lipinski definition) is 4. The van der Waals surface area contributed by atoms with E-state index in [1.54, 1.807) is 0 Å². The Morgan fingerprint density at radius 1 is 1.22 bits per heavy atom. The number of aromatic nitrogens is 2. The number of hydrazine groups is 1. The lowest BCUT2D eigenvalue weighted by atomic mass is 10.1. The van der Waals surface area contributed by atoms with Gasteiger partial charge in [-0.15, -0.1) is 0 Å². The number of benzene rings is 1. The first kappa shape index (κ1) is 15.3. The van der Waals surface area contributed by atoms with Crippen LogP contribution in [0, 0.1) is 11.6 Å². The van der Waals surface area contributed by atoms with Gasteiger partial charge in [-0.1, -0.05) is 6.07 Å². The molecule has 0 saturated heterocycles. The van der Waals surface area contributed by atoms with Crippen molar-refractivity contribution < 1.29 is 18.7 Å². The molecule has 1 aromatic carbocycles. The van der Waals surface area contributed by atoms with E-state index in [0.717, 1.165) is 12.1 Å². The largest absolute Gasteiger partial charge is 0.395 e. The minimum Gasteiger partial charge on any atom is -0.395 e. The topological polar surface area (TPSA) is 99.2 Å². The highest BCUT2D eigenvalue weighted by Crippen LogP contribution is 2.28. The zero-order valence-electron chi connectivity index (χ0n) is 11.9. The van der Waals surface area contributed by atoms with Gasteiger partial charge in [0.2, 0.25) is 0 Å². The minimum atomic E-state index is -0.795. The van der Waals surface area contributed by atoms with Gasteiger partial charge in [-0.3, -0.25) is 4.79 Å². The van der Waals surface area contributed by atoms with Crippen LogP contribution in [0.5, 0.6) is 0 Å². The van der Waals surface area contributed by atoms with Crippen molar-refractivity contribution in [2.24, 2.45) is 0 Å². The van der Waals surface area contributed by atoms with E-state index in [1.807, 2.05) is 0 Å². The lowest BCUT2D eigenvalue weighted by Gasteiger charge is -2.12. The zero-order valence-corrected chi connectivity index (χ0v) is 11.9. The summed E-state index contributed by atoms with van der Waals surface area (Å²) in [6, 6.07) is 3.46. The van der Waals surface area contributed by atoms with Crippen molar-refractivity contribution in [2.45, 2.75) is 6.54 Å². The summed E-state index contributed by atoms with van der Waals surface area (Å²) in [4.78, 5) is 20.0. The van der Waals surface area contributed by atoms with Crippen molar-refractivity contribution in [2.75, 3.05) is 18.6 Å². The van der Waals surface area contributed by atoms with Gasteiger partial charge in [0.1, 0.15) is 17.2 Å². The van der Waals surface area contributed by atoms with E-state index in [4.69, 9.17) is 5.11 Å². The Morgan fingerprint density at radius 3 is 2.65 bits per heavy atom. The number of amides is 1. The molecule has 1 aliphatic rings. The van der Waals surface area contributed by atoms with Gasteiger partial charge in [-0.2, -0.15) is 0 Å². The van der Waals surface area contributed by atoms with Crippen molar-refractivity contribution in [3.8, 4) is 11.4 Å². The van der Waals surface area contributed by atoms with E-state index in [0.29, 0.717) is 5.69 Å². The van der Waals surface area contributed by atoms with E-state index in [2.05, 4.69) is 26.1 Å². The molecule has 1 amide bonds. The average molecular weight is 321 g/mol. The van der Waals surface area contributed by atoms with Crippen LogP contribution in [0.4, 0.5) is 14.6 Å². The molecule has 2 heterocycles. The Morgan fingerprint density at radius 2 is 1.96 bits per heavy atom. The monoisotopic (exact) mass is 321 g/mol. The molecule has 1 aliphatic heterocycles. The molecule has 3 rings (SSSR count). The number of aliphatic hydroxyl groups is 1. The smallest absolute Gasteiger partial charge is 0.257 e. The molecule has 9 heteroatoms. The maximum Gasteiger partial charge on any atom is 0.257 e. The molecule has 0 saturated carbocycles. The Kier molecular flexibility index (Phi) is 4.13. The van der Waals surface area contributed by atoms with Gasteiger partial charge in [-0.05, 0) is 12.1 Å². The summed E-state index contributed by atoms with van der Waals surface area (Å²) in [5, 5.41) is 11.4. The normalized spacial score (nSPS) is 12.9. The molecule has 7 nitrogen and oxygen atoms in total. The van der Waals surface area contributed by atoms with Crippen LogP contribution in [0.15, 0.2) is 18.2 Å². The van der Waals surface area contributed by atoms with Crippen LogP contribution < -0.4 is 16.2 Å². The number of aliphatic hydroxyl groups excluding tert-OH is 1. The highest BCUT2D eigenvalue weighted by molar-refractivity contribution is 6.02. The maximum atomic E-state index is 13.9. The van der Waals surface area contributed by atoms with E-state index < -0.39 is 11.6 Å². The summed E-state index contributed by atoms with van der Waals surface area (Å²) < 4.78 is 27.9. The van der Waals surface area contributed by atoms with Gasteiger partial charge in [0.25, 0.3) is 5.91 Å². The molecule has 23 heavy (non-hydrogen) atoms. The predicted molar refractivity (Wildman–Crippen MR) is 77.3 cm³/mol. The van der Waals surface area contributed by atoms with Crippen LogP contribution in [-0.4, -0.2) is 34.1 Å². The number of carbonyl (C=O) groups is 1. The molecule has 0 radical (unpaired) electrons. The van der Waals surface area contributed by atoms with Gasteiger partial charge in [0.15, 0.2) is 11.6 Å². The second-order valence-electron chi connectivity index (χ2n) is 4.77. The summed E-state index contributed by atoms with van der Waals surface area (Å²) in [6.45, 7) is 0.208. The molecule has 120 valence electrons. The molecule has 1 aromatic heterocycles. The van der Waals surface area contributed by atoms with E-state index >= 15 is 0 Å². The Bertz CT molecular complexity index is 749. The van der Waals surface area contributed by atoms with Crippen molar-refractivity contribution in [3.05, 3.63) is 41.1 Å². The number of nitrogens with one attached hydrogen (secondary N) is 3. The molecule has 0 spiro atoms. The van der Waals surface area contributed by atoms with Crippen LogP contribution in [0.25, 0.3) is 11.4 Å². The van der Waals surface area contributed by atoms with E-state index in [-0.39, 0.29) is 48.4 Å². The number of nitrogens with zero attached hydrogens (tertiary/aromatic N) is 2. The number of rotatable bonds is 5. The first-order valence-corrected chi connectivity index (χ1v) is 6.85. The molecule has 0 bridgehead atoms. The van der Waals surface area contributed by atoms with E-state index in [1.165, 1.54) is 6.07 Å². The average Bonchev–Trinajstić information content (AvgIpc) is 2.89. The van der Waals surface area contributed by atoms with E-state index in [9.17, 15) is 13.6 Å². The van der Waals surface area contributed by atoms with Gasteiger partial charge >= 0.3 is 0 Å². The Labute approximate surface area is 129 Å². The van der Waals surface area contributed by atoms with Crippen LogP contribution in [0.2, 0.25) is 0 Å². The third-order valence-electron chi connectivity index (χ3n) is 3.26. The van der Waals surface area contributed by atoms with Crippen molar-refractivity contribution in [3.63, 3.8) is 0 Å². The molecule has 0 unspecified atom stereocenters. The lowest BCUT2D eigenvalue weighted by Crippen LogP contribution is -2.27. The summed E-state index contributed by atoms with van der Waals surface area (Å²) in [7, 11) is 0. The molecular weight excluding hydrogens is 308 g/mol. The SMILES string of the molecule is O=C1NCc2nc(-c3c(F)cccc3F)nc(NNCCO)c21. The van der Waals surface area contributed by atoms with Crippen LogP contribution >= 0.6 is 0 Å². The Hall–Kier alpha value is -2.65. The first-order valence-electron chi connectivity index (χ1n) is 6.85. The number of halogens is 2. The number of carbonyl (C=O) groups excluding carboxylic acids is 1. The maximum absolute atomic E-state index is 13.9. The third kappa shape index (κ3) is 2.83. The minimum absolute atomic E-state index is 0.0936. The van der Waals surface area contributed by atoms with Gasteiger partial charge in [0.05, 0.1) is 24.4 Å². The van der Waals surface area contributed by atoms with Crippen LogP contribution in [0.3, 0.4) is 0 Å². The second kappa shape index (κ2) is 6.23. The Balaban J connectivity index is 2.09. The molecule has 4 N–H and O–H groups in total. The highest BCUT2D eigenvalue weighted by atomic mass is 19.1. The summed E-state index contributed by atoms with van der Waals surface area (Å²) in [5.41, 5.74) is 5.50. The van der Waals surface area contributed by atoms with Gasteiger partial charge in [-0.25, -0.2) is 24.2 Å². The first-order chi connectivity index (χ1) is 11.1. The lowest BCUT2D eigenvalue weighted by molar-refractivity contribution is 0.0966. The highest BCUT2D eigenvalue weighted by Gasteiger charge is 2.28. The second-order valence-corrected chi connectivity index (χ2v) is 4.77. The number of hydrogen-bond acceptors (Lipinski definition) is 6. The molecule has 2 aromatic rings. The fourth-order valence-corrected chi connectivity index (χ4v) is 2.24. The number of fused-ring (bicyclic) bond motifs is 1. The molecule has 0 atom stereocenters. The fraction of sp³-hybridized carbons (Fsp3) is 0.214. The van der Waals surface area contributed by atoms with Crippen molar-refractivity contribution >= 4 is 11.7 Å². The molecule has 0 fully saturated rings. The number of anilines is 1. The quantitative estimate of drug-likeness (QED) is 0.475. The molecular formula is C14H13F2N5O2. The predicted octanol–water partition coefficient (Wildman–Crippen LogP) is 0.574. The summed E-state index contributed by atoms with van der Waals surface area (Å²) in [5.74, 6) is -2.04.